The zero-order valence-corrected chi connectivity index (χ0v) is 20.6. The van der Waals surface area contributed by atoms with E-state index in [2.05, 4.69) is 40.3 Å². The standard InChI is InChI=1S/C29H33N3O3/c1-31(2)16-18-35-26-14-10-22(11-15-26)29(21-8-12-25(34)13-9-21)27(5-4-17-33)23-6-7-24-20-30-32(3)28(24)19-23/h6-15,19-20,33-34H,4-5,16-18H2,1-3H3/b29-27-. The molecule has 4 aromatic rings. The number of phenolic OH excluding ortho intramolecular Hbond substituents is 1. The van der Waals surface area contributed by atoms with Crippen molar-refractivity contribution in [2.75, 3.05) is 33.9 Å². The molecule has 1 heterocycles. The largest absolute Gasteiger partial charge is 0.508 e. The van der Waals surface area contributed by atoms with Crippen LogP contribution in [0.3, 0.4) is 0 Å². The number of fused-ring (bicyclic) bond motifs is 1. The predicted octanol–water partition coefficient (Wildman–Crippen LogP) is 4.95. The summed E-state index contributed by atoms with van der Waals surface area (Å²) in [6.07, 6.45) is 3.22. The number of hydrogen-bond acceptors (Lipinski definition) is 5. The van der Waals surface area contributed by atoms with Crippen molar-refractivity contribution in [3.63, 3.8) is 0 Å². The van der Waals surface area contributed by atoms with Crippen molar-refractivity contribution in [2.24, 2.45) is 7.05 Å². The van der Waals surface area contributed by atoms with Crippen molar-refractivity contribution in [3.05, 3.63) is 89.6 Å². The molecular formula is C29H33N3O3. The maximum Gasteiger partial charge on any atom is 0.119 e. The summed E-state index contributed by atoms with van der Waals surface area (Å²) < 4.78 is 7.78. The van der Waals surface area contributed by atoms with Gasteiger partial charge >= 0.3 is 0 Å². The van der Waals surface area contributed by atoms with Crippen molar-refractivity contribution < 1.29 is 14.9 Å². The van der Waals surface area contributed by atoms with Crippen LogP contribution in [0.4, 0.5) is 0 Å². The lowest BCUT2D eigenvalue weighted by Crippen LogP contribution is -2.19. The van der Waals surface area contributed by atoms with Crippen LogP contribution in [-0.4, -0.2) is 58.7 Å². The number of hydrogen-bond donors (Lipinski definition) is 2. The minimum atomic E-state index is 0.110. The summed E-state index contributed by atoms with van der Waals surface area (Å²) in [5.74, 6) is 1.06. The lowest BCUT2D eigenvalue weighted by Gasteiger charge is -2.18. The van der Waals surface area contributed by atoms with Crippen molar-refractivity contribution in [1.82, 2.24) is 14.7 Å². The number of allylic oxidation sites excluding steroid dienone is 1. The van der Waals surface area contributed by atoms with Gasteiger partial charge in [-0.3, -0.25) is 4.68 Å². The SMILES string of the molecule is CN(C)CCOc1ccc(/C(=C(/CCCO)c2ccc3cnn(C)c3c2)c2ccc(O)cc2)cc1. The highest BCUT2D eigenvalue weighted by atomic mass is 16.5. The smallest absolute Gasteiger partial charge is 0.119 e. The molecule has 4 rings (SSSR count). The summed E-state index contributed by atoms with van der Waals surface area (Å²) in [7, 11) is 6.00. The van der Waals surface area contributed by atoms with Gasteiger partial charge in [0.15, 0.2) is 0 Å². The molecule has 0 fully saturated rings. The Morgan fingerprint density at radius 2 is 1.60 bits per heavy atom. The summed E-state index contributed by atoms with van der Waals surface area (Å²) >= 11 is 0. The predicted molar refractivity (Wildman–Crippen MR) is 142 cm³/mol. The number of aromatic hydroxyl groups is 1. The third-order valence-corrected chi connectivity index (χ3v) is 6.09. The lowest BCUT2D eigenvalue weighted by atomic mass is 9.87. The van der Waals surface area contributed by atoms with Gasteiger partial charge in [0.05, 0.1) is 11.7 Å². The van der Waals surface area contributed by atoms with Gasteiger partial charge in [0.25, 0.3) is 0 Å². The van der Waals surface area contributed by atoms with Crippen LogP contribution < -0.4 is 4.74 Å². The Labute approximate surface area is 206 Å². The monoisotopic (exact) mass is 471 g/mol. The highest BCUT2D eigenvalue weighted by Crippen LogP contribution is 2.37. The van der Waals surface area contributed by atoms with E-state index in [-0.39, 0.29) is 12.4 Å². The number of aliphatic hydroxyl groups is 1. The first-order chi connectivity index (χ1) is 17.0. The van der Waals surface area contributed by atoms with Crippen molar-refractivity contribution >= 4 is 22.0 Å². The van der Waals surface area contributed by atoms with E-state index in [1.54, 1.807) is 12.1 Å². The third-order valence-electron chi connectivity index (χ3n) is 6.09. The number of likely N-dealkylation sites (N-methyl/N-ethyl adjacent to an activating group) is 1. The Hall–Kier alpha value is -3.61. The van der Waals surface area contributed by atoms with Crippen LogP contribution in [0, 0.1) is 0 Å². The molecule has 0 unspecified atom stereocenters. The molecule has 6 nitrogen and oxygen atoms in total. The van der Waals surface area contributed by atoms with E-state index in [1.165, 1.54) is 0 Å². The van der Waals surface area contributed by atoms with Gasteiger partial charge in [0.2, 0.25) is 0 Å². The molecule has 0 spiro atoms. The fourth-order valence-corrected chi connectivity index (χ4v) is 4.21. The van der Waals surface area contributed by atoms with E-state index in [0.717, 1.165) is 51.0 Å². The molecule has 2 N–H and O–H groups in total. The molecule has 0 saturated carbocycles. The van der Waals surface area contributed by atoms with Gasteiger partial charge in [-0.1, -0.05) is 36.4 Å². The topological polar surface area (TPSA) is 70.8 Å². The molecule has 35 heavy (non-hydrogen) atoms. The Kier molecular flexibility index (Phi) is 7.85. The molecule has 0 atom stereocenters. The fourth-order valence-electron chi connectivity index (χ4n) is 4.21. The second-order valence-electron chi connectivity index (χ2n) is 8.95. The number of aromatic nitrogens is 2. The van der Waals surface area contributed by atoms with Gasteiger partial charge in [-0.05, 0) is 85.1 Å². The quantitative estimate of drug-likeness (QED) is 0.320. The van der Waals surface area contributed by atoms with E-state index in [9.17, 15) is 10.2 Å². The number of aliphatic hydroxyl groups excluding tert-OH is 1. The molecule has 3 aromatic carbocycles. The van der Waals surface area contributed by atoms with Gasteiger partial charge in [-0.15, -0.1) is 0 Å². The Morgan fingerprint density at radius 3 is 2.26 bits per heavy atom. The first-order valence-corrected chi connectivity index (χ1v) is 11.9. The number of ether oxygens (including phenoxy) is 1. The fraction of sp³-hybridized carbons (Fsp3) is 0.276. The van der Waals surface area contributed by atoms with Gasteiger partial charge in [0, 0.05) is 25.6 Å². The highest BCUT2D eigenvalue weighted by molar-refractivity contribution is 6.00. The van der Waals surface area contributed by atoms with Crippen LogP contribution in [0.25, 0.3) is 22.0 Å². The van der Waals surface area contributed by atoms with Gasteiger partial charge in [0.1, 0.15) is 18.1 Å². The molecule has 0 aliphatic carbocycles. The lowest BCUT2D eigenvalue weighted by molar-refractivity contribution is 0.261. The highest BCUT2D eigenvalue weighted by Gasteiger charge is 2.16. The summed E-state index contributed by atoms with van der Waals surface area (Å²) in [6.45, 7) is 1.58. The molecule has 182 valence electrons. The van der Waals surface area contributed by atoms with E-state index in [1.807, 2.05) is 56.3 Å². The van der Waals surface area contributed by atoms with E-state index >= 15 is 0 Å². The molecular weight excluding hydrogens is 438 g/mol. The Balaban J connectivity index is 1.83. The minimum Gasteiger partial charge on any atom is -0.508 e. The van der Waals surface area contributed by atoms with Crippen LogP contribution in [0.2, 0.25) is 0 Å². The van der Waals surface area contributed by atoms with Crippen LogP contribution >= 0.6 is 0 Å². The third kappa shape index (κ3) is 5.91. The zero-order valence-electron chi connectivity index (χ0n) is 20.6. The first kappa shape index (κ1) is 24.5. The van der Waals surface area contributed by atoms with Crippen molar-refractivity contribution in [1.29, 1.82) is 0 Å². The van der Waals surface area contributed by atoms with Crippen molar-refractivity contribution in [3.8, 4) is 11.5 Å². The average molecular weight is 472 g/mol. The zero-order chi connectivity index (χ0) is 24.8. The van der Waals surface area contributed by atoms with E-state index in [4.69, 9.17) is 4.74 Å². The molecule has 0 radical (unpaired) electrons. The van der Waals surface area contributed by atoms with Crippen LogP contribution in [0.15, 0.2) is 72.9 Å². The minimum absolute atomic E-state index is 0.110. The van der Waals surface area contributed by atoms with Crippen LogP contribution in [-0.2, 0) is 7.05 Å². The summed E-state index contributed by atoms with van der Waals surface area (Å²) in [5, 5.41) is 25.1. The second-order valence-corrected chi connectivity index (χ2v) is 8.95. The summed E-state index contributed by atoms with van der Waals surface area (Å²) in [6, 6.07) is 21.8. The first-order valence-electron chi connectivity index (χ1n) is 11.9. The second kappa shape index (κ2) is 11.2. The van der Waals surface area contributed by atoms with Crippen LogP contribution in [0.1, 0.15) is 29.5 Å². The van der Waals surface area contributed by atoms with Crippen LogP contribution in [0.5, 0.6) is 11.5 Å². The van der Waals surface area contributed by atoms with Gasteiger partial charge in [-0.25, -0.2) is 0 Å². The molecule has 0 saturated heterocycles. The summed E-state index contributed by atoms with van der Waals surface area (Å²) in [5.41, 5.74) is 6.40. The van der Waals surface area contributed by atoms with E-state index < -0.39 is 0 Å². The number of aryl methyl sites for hydroxylation is 1. The Bertz CT molecular complexity index is 1290. The number of benzene rings is 3. The molecule has 0 aliphatic heterocycles. The maximum atomic E-state index is 9.91. The molecule has 0 bridgehead atoms. The molecule has 0 aliphatic rings. The van der Waals surface area contributed by atoms with Gasteiger partial charge in [-0.2, -0.15) is 5.10 Å². The average Bonchev–Trinajstić information content (AvgIpc) is 3.23. The summed E-state index contributed by atoms with van der Waals surface area (Å²) in [4.78, 5) is 2.09. The Morgan fingerprint density at radius 1 is 0.943 bits per heavy atom. The molecule has 0 amide bonds. The van der Waals surface area contributed by atoms with E-state index in [0.29, 0.717) is 19.4 Å². The maximum absolute atomic E-state index is 9.91. The number of phenols is 1. The van der Waals surface area contributed by atoms with Crippen molar-refractivity contribution in [2.45, 2.75) is 12.8 Å². The number of nitrogens with zero attached hydrogens (tertiary/aromatic N) is 3. The molecule has 1 aromatic heterocycles. The molecule has 6 heteroatoms. The normalized spacial score (nSPS) is 12.3. The van der Waals surface area contributed by atoms with Gasteiger partial charge < -0.3 is 19.8 Å². The number of rotatable bonds is 10.